The molecule has 1 aliphatic carbocycles. The highest BCUT2D eigenvalue weighted by atomic mass is 16.2. The van der Waals surface area contributed by atoms with E-state index in [1.165, 1.54) is 19.3 Å². The minimum Gasteiger partial charge on any atom is -0.395 e. The zero-order chi connectivity index (χ0) is 11.7. The number of rotatable bonds is 3. The minimum absolute atomic E-state index is 0.0891. The normalized spacial score (nSPS) is 15.9. The number of nitrogens with two attached hydrogens (primary N) is 1. The predicted molar refractivity (Wildman–Crippen MR) is 62.0 cm³/mol. The van der Waals surface area contributed by atoms with E-state index in [4.69, 9.17) is 5.73 Å². The average molecular weight is 222 g/mol. The van der Waals surface area contributed by atoms with Crippen LogP contribution in [0.1, 0.15) is 35.4 Å². The van der Waals surface area contributed by atoms with Gasteiger partial charge in [-0.05, 0) is 25.7 Å². The van der Waals surface area contributed by atoms with Gasteiger partial charge in [-0.2, -0.15) is 5.10 Å². The first-order valence-corrected chi connectivity index (χ1v) is 5.65. The molecule has 1 aliphatic rings. The van der Waals surface area contributed by atoms with Crippen LogP contribution in [0.2, 0.25) is 0 Å². The van der Waals surface area contributed by atoms with Crippen LogP contribution in [0, 0.1) is 12.8 Å². The molecule has 0 radical (unpaired) electrons. The summed E-state index contributed by atoms with van der Waals surface area (Å²) in [6.07, 6.45) is 3.75. The van der Waals surface area contributed by atoms with Crippen molar-refractivity contribution in [3.05, 3.63) is 11.4 Å². The lowest BCUT2D eigenvalue weighted by molar-refractivity contribution is 0.0740. The summed E-state index contributed by atoms with van der Waals surface area (Å²) < 4.78 is 0. The number of carbonyl (C=O) groups is 1. The van der Waals surface area contributed by atoms with Gasteiger partial charge in [-0.25, -0.2) is 0 Å². The second kappa shape index (κ2) is 4.15. The van der Waals surface area contributed by atoms with Crippen molar-refractivity contribution in [2.75, 3.05) is 19.3 Å². The van der Waals surface area contributed by atoms with Crippen LogP contribution in [0.3, 0.4) is 0 Å². The third-order valence-corrected chi connectivity index (χ3v) is 3.30. The van der Waals surface area contributed by atoms with Crippen LogP contribution in [0.15, 0.2) is 0 Å². The summed E-state index contributed by atoms with van der Waals surface area (Å²) in [7, 11) is 1.81. The first-order valence-electron chi connectivity index (χ1n) is 5.65. The standard InChI is InChI=1S/C11H18N4O/c1-7-9(12)10(14-13-7)11(16)15(2)6-8-4-3-5-8/h8H,3-6,12H2,1-2H3,(H,13,14). The third-order valence-electron chi connectivity index (χ3n) is 3.30. The number of amides is 1. The van der Waals surface area contributed by atoms with Crippen LogP contribution < -0.4 is 5.73 Å². The Hall–Kier alpha value is -1.52. The maximum Gasteiger partial charge on any atom is 0.276 e. The summed E-state index contributed by atoms with van der Waals surface area (Å²) in [5.41, 5.74) is 7.34. The van der Waals surface area contributed by atoms with Crippen molar-refractivity contribution >= 4 is 11.6 Å². The van der Waals surface area contributed by atoms with Gasteiger partial charge in [0.05, 0.1) is 11.4 Å². The Labute approximate surface area is 95.0 Å². The molecule has 0 aliphatic heterocycles. The van der Waals surface area contributed by atoms with E-state index in [-0.39, 0.29) is 5.91 Å². The Kier molecular flexibility index (Phi) is 2.85. The first kappa shape index (κ1) is 11.0. The quantitative estimate of drug-likeness (QED) is 0.806. The zero-order valence-electron chi connectivity index (χ0n) is 9.79. The van der Waals surface area contributed by atoms with Gasteiger partial charge < -0.3 is 10.6 Å². The Bertz CT molecular complexity index is 395. The van der Waals surface area contributed by atoms with Gasteiger partial charge in [0.1, 0.15) is 0 Å². The van der Waals surface area contributed by atoms with E-state index >= 15 is 0 Å². The van der Waals surface area contributed by atoms with Gasteiger partial charge >= 0.3 is 0 Å². The number of nitrogens with zero attached hydrogens (tertiary/aromatic N) is 2. The fourth-order valence-corrected chi connectivity index (χ4v) is 1.93. The van der Waals surface area contributed by atoms with Crippen LogP contribution in [0.25, 0.3) is 0 Å². The van der Waals surface area contributed by atoms with Crippen LogP contribution in [-0.2, 0) is 0 Å². The van der Waals surface area contributed by atoms with E-state index in [9.17, 15) is 4.79 Å². The molecule has 3 N–H and O–H groups in total. The highest BCUT2D eigenvalue weighted by Crippen LogP contribution is 2.27. The first-order chi connectivity index (χ1) is 7.59. The van der Waals surface area contributed by atoms with Crippen molar-refractivity contribution in [2.24, 2.45) is 5.92 Å². The van der Waals surface area contributed by atoms with Crippen molar-refractivity contribution in [3.63, 3.8) is 0 Å². The fourth-order valence-electron chi connectivity index (χ4n) is 1.93. The highest BCUT2D eigenvalue weighted by Gasteiger charge is 2.24. The van der Waals surface area contributed by atoms with E-state index in [0.717, 1.165) is 12.2 Å². The molecule has 2 rings (SSSR count). The Balaban J connectivity index is 2.03. The molecule has 1 amide bonds. The van der Waals surface area contributed by atoms with E-state index in [0.29, 0.717) is 17.3 Å². The van der Waals surface area contributed by atoms with Crippen LogP contribution >= 0.6 is 0 Å². The molecule has 16 heavy (non-hydrogen) atoms. The number of nitrogen functional groups attached to an aromatic ring is 1. The molecule has 0 spiro atoms. The average Bonchev–Trinajstić information content (AvgIpc) is 2.52. The summed E-state index contributed by atoms with van der Waals surface area (Å²) >= 11 is 0. The molecule has 5 nitrogen and oxygen atoms in total. The van der Waals surface area contributed by atoms with Crippen LogP contribution in [-0.4, -0.2) is 34.6 Å². The highest BCUT2D eigenvalue weighted by molar-refractivity contribution is 5.97. The van der Waals surface area contributed by atoms with Crippen molar-refractivity contribution in [2.45, 2.75) is 26.2 Å². The van der Waals surface area contributed by atoms with Gasteiger partial charge in [-0.15, -0.1) is 0 Å². The molecular formula is C11H18N4O. The largest absolute Gasteiger partial charge is 0.395 e. The molecular weight excluding hydrogens is 204 g/mol. The number of hydrogen-bond acceptors (Lipinski definition) is 3. The summed E-state index contributed by atoms with van der Waals surface area (Å²) in [5, 5.41) is 6.68. The second-order valence-electron chi connectivity index (χ2n) is 4.59. The lowest BCUT2D eigenvalue weighted by atomic mass is 9.85. The number of H-pyrrole nitrogens is 1. The number of nitrogens with one attached hydrogen (secondary N) is 1. The molecule has 0 aromatic carbocycles. The molecule has 1 saturated carbocycles. The maximum atomic E-state index is 12.0. The maximum absolute atomic E-state index is 12.0. The summed E-state index contributed by atoms with van der Waals surface area (Å²) in [4.78, 5) is 13.7. The zero-order valence-corrected chi connectivity index (χ0v) is 9.79. The lowest BCUT2D eigenvalue weighted by Crippen LogP contribution is -2.34. The van der Waals surface area contributed by atoms with Crippen molar-refractivity contribution < 1.29 is 4.79 Å². The molecule has 0 saturated heterocycles. The van der Waals surface area contributed by atoms with Gasteiger partial charge in [-0.1, -0.05) is 6.42 Å². The number of anilines is 1. The fraction of sp³-hybridized carbons (Fsp3) is 0.636. The Morgan fingerprint density at radius 3 is 2.75 bits per heavy atom. The molecule has 0 unspecified atom stereocenters. The van der Waals surface area contributed by atoms with Crippen LogP contribution in [0.5, 0.6) is 0 Å². The van der Waals surface area contributed by atoms with Crippen molar-refractivity contribution in [1.82, 2.24) is 15.1 Å². The number of carbonyl (C=O) groups excluding carboxylic acids is 1. The molecule has 1 fully saturated rings. The van der Waals surface area contributed by atoms with Gasteiger partial charge in [0.2, 0.25) is 0 Å². The number of hydrogen-bond donors (Lipinski definition) is 2. The van der Waals surface area contributed by atoms with E-state index in [1.807, 2.05) is 14.0 Å². The molecule has 1 heterocycles. The summed E-state index contributed by atoms with van der Waals surface area (Å²) in [5.74, 6) is 0.573. The molecule has 0 bridgehead atoms. The van der Waals surface area contributed by atoms with Crippen molar-refractivity contribution in [1.29, 1.82) is 0 Å². The third kappa shape index (κ3) is 1.89. The Morgan fingerprint density at radius 1 is 1.62 bits per heavy atom. The Morgan fingerprint density at radius 2 is 2.31 bits per heavy atom. The minimum atomic E-state index is -0.0891. The van der Waals surface area contributed by atoms with Gasteiger partial charge in [0.15, 0.2) is 5.69 Å². The van der Waals surface area contributed by atoms with Crippen molar-refractivity contribution in [3.8, 4) is 0 Å². The van der Waals surface area contributed by atoms with Gasteiger partial charge in [0.25, 0.3) is 5.91 Å². The topological polar surface area (TPSA) is 75.0 Å². The number of aromatic nitrogens is 2. The molecule has 0 atom stereocenters. The lowest BCUT2D eigenvalue weighted by Gasteiger charge is -2.29. The second-order valence-corrected chi connectivity index (χ2v) is 4.59. The van der Waals surface area contributed by atoms with Crippen LogP contribution in [0.4, 0.5) is 5.69 Å². The molecule has 88 valence electrons. The van der Waals surface area contributed by atoms with E-state index in [2.05, 4.69) is 10.2 Å². The SMILES string of the molecule is Cc1[nH]nc(C(=O)N(C)CC2CCC2)c1N. The number of aryl methyl sites for hydroxylation is 1. The van der Waals surface area contributed by atoms with Gasteiger partial charge in [0, 0.05) is 13.6 Å². The molecule has 5 heteroatoms. The van der Waals surface area contributed by atoms with Gasteiger partial charge in [-0.3, -0.25) is 9.89 Å². The molecule has 1 aromatic heterocycles. The van der Waals surface area contributed by atoms with E-state index in [1.54, 1.807) is 4.90 Å². The van der Waals surface area contributed by atoms with E-state index < -0.39 is 0 Å². The molecule has 1 aromatic rings. The smallest absolute Gasteiger partial charge is 0.276 e. The monoisotopic (exact) mass is 222 g/mol. The number of aromatic amines is 1. The summed E-state index contributed by atoms with van der Waals surface area (Å²) in [6, 6.07) is 0. The summed E-state index contributed by atoms with van der Waals surface area (Å²) in [6.45, 7) is 2.62. The predicted octanol–water partition coefficient (Wildman–Crippen LogP) is 1.17.